The molecule has 0 radical (unpaired) electrons. The first-order valence-corrected chi connectivity index (χ1v) is 4.15. The van der Waals surface area contributed by atoms with Crippen molar-refractivity contribution in [2.75, 3.05) is 0 Å². The van der Waals surface area contributed by atoms with Crippen molar-refractivity contribution in [3.8, 4) is 0 Å². The zero-order valence-corrected chi connectivity index (χ0v) is 8.32. The lowest BCUT2D eigenvalue weighted by Crippen LogP contribution is -1.73. The molecule has 12 heavy (non-hydrogen) atoms. The molecule has 0 nitrogen and oxygen atoms in total. The third kappa shape index (κ3) is 7.26. The SMILES string of the molecule is CC(C)=CC/C(C)=C/C=C(/C)F. The highest BCUT2D eigenvalue weighted by molar-refractivity contribution is 5.15. The molecule has 0 aromatic heterocycles. The van der Waals surface area contributed by atoms with Crippen LogP contribution in [0.25, 0.3) is 0 Å². The summed E-state index contributed by atoms with van der Waals surface area (Å²) in [7, 11) is 0. The van der Waals surface area contributed by atoms with Crippen LogP contribution in [0.5, 0.6) is 0 Å². The molecule has 0 saturated heterocycles. The maximum Gasteiger partial charge on any atom is 0.0968 e. The van der Waals surface area contributed by atoms with Crippen LogP contribution in [-0.2, 0) is 0 Å². The van der Waals surface area contributed by atoms with Gasteiger partial charge in [0.1, 0.15) is 0 Å². The van der Waals surface area contributed by atoms with Gasteiger partial charge in [-0.1, -0.05) is 23.3 Å². The smallest absolute Gasteiger partial charge is 0.0968 e. The predicted octanol–water partition coefficient (Wildman–Crippen LogP) is 4.16. The Morgan fingerprint density at radius 1 is 1.08 bits per heavy atom. The summed E-state index contributed by atoms with van der Waals surface area (Å²) < 4.78 is 12.3. The summed E-state index contributed by atoms with van der Waals surface area (Å²) in [6.45, 7) is 7.57. The molecule has 0 amide bonds. The van der Waals surface area contributed by atoms with Gasteiger partial charge in [0, 0.05) is 0 Å². The van der Waals surface area contributed by atoms with Crippen molar-refractivity contribution in [1.82, 2.24) is 0 Å². The van der Waals surface area contributed by atoms with E-state index in [1.165, 1.54) is 24.1 Å². The Morgan fingerprint density at radius 2 is 1.67 bits per heavy atom. The minimum Gasteiger partial charge on any atom is -0.212 e. The van der Waals surface area contributed by atoms with Gasteiger partial charge in [0.05, 0.1) is 5.83 Å². The Morgan fingerprint density at radius 3 is 2.08 bits per heavy atom. The Bertz CT molecular complexity index is 211. The van der Waals surface area contributed by atoms with Crippen molar-refractivity contribution in [3.05, 3.63) is 35.2 Å². The van der Waals surface area contributed by atoms with E-state index < -0.39 is 0 Å². The molecule has 1 heteroatoms. The van der Waals surface area contributed by atoms with E-state index >= 15 is 0 Å². The first kappa shape index (κ1) is 11.2. The van der Waals surface area contributed by atoms with Gasteiger partial charge in [-0.25, -0.2) is 4.39 Å². The summed E-state index contributed by atoms with van der Waals surface area (Å²) in [5.74, 6) is -0.147. The molecule has 0 rings (SSSR count). The van der Waals surface area contributed by atoms with Gasteiger partial charge in [-0.15, -0.1) is 0 Å². The minimum absolute atomic E-state index is 0.147. The fourth-order valence-corrected chi connectivity index (χ4v) is 0.690. The molecule has 0 bridgehead atoms. The van der Waals surface area contributed by atoms with Gasteiger partial charge in [-0.3, -0.25) is 0 Å². The van der Waals surface area contributed by atoms with E-state index in [0.717, 1.165) is 6.42 Å². The van der Waals surface area contributed by atoms with Crippen LogP contribution in [0, 0.1) is 0 Å². The number of rotatable bonds is 3. The van der Waals surface area contributed by atoms with E-state index in [0.29, 0.717) is 0 Å². The van der Waals surface area contributed by atoms with Gasteiger partial charge < -0.3 is 0 Å². The summed E-state index contributed by atoms with van der Waals surface area (Å²) in [4.78, 5) is 0. The standard InChI is InChI=1S/C11H17F/c1-9(2)5-6-10(3)7-8-11(4)12/h5,7-8H,6H2,1-4H3/b10-7+,11-8-. The zero-order valence-electron chi connectivity index (χ0n) is 8.32. The van der Waals surface area contributed by atoms with E-state index in [-0.39, 0.29) is 5.83 Å². The Balaban J connectivity index is 4.04. The lowest BCUT2D eigenvalue weighted by atomic mass is 10.1. The van der Waals surface area contributed by atoms with Crippen LogP contribution >= 0.6 is 0 Å². The van der Waals surface area contributed by atoms with Crippen LogP contribution in [0.1, 0.15) is 34.1 Å². The van der Waals surface area contributed by atoms with E-state index in [1.54, 1.807) is 0 Å². The van der Waals surface area contributed by atoms with Gasteiger partial charge in [0.15, 0.2) is 0 Å². The molecule has 0 N–H and O–H groups in total. The van der Waals surface area contributed by atoms with Gasteiger partial charge >= 0.3 is 0 Å². The highest BCUT2D eigenvalue weighted by atomic mass is 19.1. The largest absolute Gasteiger partial charge is 0.212 e. The topological polar surface area (TPSA) is 0 Å². The van der Waals surface area contributed by atoms with Crippen LogP contribution < -0.4 is 0 Å². The monoisotopic (exact) mass is 168 g/mol. The summed E-state index contributed by atoms with van der Waals surface area (Å²) >= 11 is 0. The van der Waals surface area contributed by atoms with Crippen molar-refractivity contribution in [1.29, 1.82) is 0 Å². The Hall–Kier alpha value is -0.850. The van der Waals surface area contributed by atoms with E-state index in [4.69, 9.17) is 0 Å². The molecule has 0 saturated carbocycles. The van der Waals surface area contributed by atoms with Crippen molar-refractivity contribution < 1.29 is 4.39 Å². The quantitative estimate of drug-likeness (QED) is 0.438. The number of hydrogen-bond donors (Lipinski definition) is 0. The molecule has 0 aliphatic carbocycles. The van der Waals surface area contributed by atoms with Crippen molar-refractivity contribution in [2.45, 2.75) is 34.1 Å². The Labute approximate surface area is 74.5 Å². The second-order valence-electron chi connectivity index (χ2n) is 3.25. The van der Waals surface area contributed by atoms with Crippen LogP contribution in [0.15, 0.2) is 35.2 Å². The van der Waals surface area contributed by atoms with E-state index in [1.807, 2.05) is 13.0 Å². The van der Waals surface area contributed by atoms with Gasteiger partial charge in [-0.05, 0) is 40.2 Å². The molecular formula is C11H17F. The number of hydrogen-bond acceptors (Lipinski definition) is 0. The van der Waals surface area contributed by atoms with Gasteiger partial charge in [0.2, 0.25) is 0 Å². The molecule has 0 unspecified atom stereocenters. The molecule has 0 atom stereocenters. The summed E-state index contributed by atoms with van der Waals surface area (Å²) in [6, 6.07) is 0. The lowest BCUT2D eigenvalue weighted by Gasteiger charge is -1.94. The lowest BCUT2D eigenvalue weighted by molar-refractivity contribution is 0.640. The van der Waals surface area contributed by atoms with Crippen molar-refractivity contribution >= 4 is 0 Å². The first-order chi connectivity index (χ1) is 5.52. The zero-order chi connectivity index (χ0) is 9.56. The van der Waals surface area contributed by atoms with Crippen molar-refractivity contribution in [2.24, 2.45) is 0 Å². The molecule has 0 fully saturated rings. The third-order valence-electron chi connectivity index (χ3n) is 1.43. The molecule has 0 aliphatic rings. The highest BCUT2D eigenvalue weighted by Crippen LogP contribution is 2.05. The fraction of sp³-hybridized carbons (Fsp3) is 0.455. The summed E-state index contributed by atoms with van der Waals surface area (Å²) in [5.41, 5.74) is 2.47. The van der Waals surface area contributed by atoms with Crippen LogP contribution in [-0.4, -0.2) is 0 Å². The fourth-order valence-electron chi connectivity index (χ4n) is 0.690. The van der Waals surface area contributed by atoms with Crippen LogP contribution in [0.2, 0.25) is 0 Å². The number of halogens is 1. The molecule has 0 aromatic rings. The summed E-state index contributed by atoms with van der Waals surface area (Å²) in [6.07, 6.45) is 6.35. The van der Waals surface area contributed by atoms with E-state index in [9.17, 15) is 4.39 Å². The normalized spacial score (nSPS) is 13.1. The average Bonchev–Trinajstić information content (AvgIpc) is 1.96. The highest BCUT2D eigenvalue weighted by Gasteiger charge is 1.85. The number of allylic oxidation sites excluding steroid dienone is 6. The molecular weight excluding hydrogens is 151 g/mol. The Kier molecular flexibility index (Phi) is 5.35. The maximum absolute atomic E-state index is 12.3. The van der Waals surface area contributed by atoms with Gasteiger partial charge in [0.25, 0.3) is 0 Å². The first-order valence-electron chi connectivity index (χ1n) is 4.15. The molecule has 0 spiro atoms. The van der Waals surface area contributed by atoms with Crippen molar-refractivity contribution in [3.63, 3.8) is 0 Å². The molecule has 0 aliphatic heterocycles. The molecule has 68 valence electrons. The van der Waals surface area contributed by atoms with E-state index in [2.05, 4.69) is 19.9 Å². The van der Waals surface area contributed by atoms with Crippen LogP contribution in [0.4, 0.5) is 4.39 Å². The second-order valence-corrected chi connectivity index (χ2v) is 3.25. The predicted molar refractivity (Wildman–Crippen MR) is 52.7 cm³/mol. The summed E-state index contributed by atoms with van der Waals surface area (Å²) in [5, 5.41) is 0. The third-order valence-corrected chi connectivity index (χ3v) is 1.43. The molecule has 0 heterocycles. The van der Waals surface area contributed by atoms with Crippen LogP contribution in [0.3, 0.4) is 0 Å². The second kappa shape index (κ2) is 5.76. The average molecular weight is 168 g/mol. The minimum atomic E-state index is -0.147. The van der Waals surface area contributed by atoms with Gasteiger partial charge in [-0.2, -0.15) is 0 Å². The molecule has 0 aromatic carbocycles. The maximum atomic E-state index is 12.3.